The van der Waals surface area contributed by atoms with Crippen molar-refractivity contribution in [2.75, 3.05) is 11.9 Å². The molecule has 0 saturated carbocycles. The summed E-state index contributed by atoms with van der Waals surface area (Å²) >= 11 is 1.65. The topological polar surface area (TPSA) is 32.6 Å². The Kier molecular flexibility index (Phi) is 5.19. The molecule has 0 fully saturated rings. The highest BCUT2D eigenvalue weighted by atomic mass is 32.2. The molecule has 27 heavy (non-hydrogen) atoms. The molecule has 1 N–H and O–H groups in total. The highest BCUT2D eigenvalue weighted by molar-refractivity contribution is 8.14. The van der Waals surface area contributed by atoms with Crippen molar-refractivity contribution in [3.63, 3.8) is 0 Å². The largest absolute Gasteiger partial charge is 0.366 e. The SMILES string of the molecule is CC1=NC(O)(C[P+](c2ccccc2)(c2ccccc2)c2ccccc2)CS1. The Morgan fingerprint density at radius 1 is 0.815 bits per heavy atom. The molecule has 3 aromatic carbocycles. The van der Waals surface area contributed by atoms with Gasteiger partial charge in [0.1, 0.15) is 29.3 Å². The molecule has 0 amide bonds. The van der Waals surface area contributed by atoms with Crippen LogP contribution in [-0.4, -0.2) is 27.8 Å². The summed E-state index contributed by atoms with van der Waals surface area (Å²) in [7, 11) is -2.06. The number of thioether (sulfide) groups is 1. The number of hydrogen-bond acceptors (Lipinski definition) is 3. The first-order valence-electron chi connectivity index (χ1n) is 9.09. The summed E-state index contributed by atoms with van der Waals surface area (Å²) in [4.78, 5) is 4.64. The number of aliphatic hydroxyl groups is 1. The van der Waals surface area contributed by atoms with Gasteiger partial charge in [-0.3, -0.25) is 0 Å². The van der Waals surface area contributed by atoms with E-state index in [4.69, 9.17) is 0 Å². The van der Waals surface area contributed by atoms with E-state index in [9.17, 15) is 5.11 Å². The van der Waals surface area contributed by atoms with Gasteiger partial charge in [-0.2, -0.15) is 0 Å². The van der Waals surface area contributed by atoms with Crippen LogP contribution in [0.25, 0.3) is 0 Å². The van der Waals surface area contributed by atoms with Crippen LogP contribution < -0.4 is 15.9 Å². The zero-order valence-electron chi connectivity index (χ0n) is 15.3. The quantitative estimate of drug-likeness (QED) is 0.670. The summed E-state index contributed by atoms with van der Waals surface area (Å²) in [6, 6.07) is 32.0. The Morgan fingerprint density at radius 2 is 1.22 bits per heavy atom. The lowest BCUT2D eigenvalue weighted by Gasteiger charge is -2.32. The summed E-state index contributed by atoms with van der Waals surface area (Å²) in [5.74, 6) is 0.618. The van der Waals surface area contributed by atoms with Gasteiger partial charge in [-0.15, -0.1) is 11.8 Å². The average Bonchev–Trinajstić information content (AvgIpc) is 3.07. The molecule has 0 aliphatic carbocycles. The molecule has 1 heterocycles. The van der Waals surface area contributed by atoms with Gasteiger partial charge in [0.2, 0.25) is 5.72 Å². The van der Waals surface area contributed by atoms with Gasteiger partial charge < -0.3 is 5.11 Å². The summed E-state index contributed by atoms with van der Waals surface area (Å²) in [6.45, 7) is 1.98. The molecule has 0 saturated heterocycles. The molecule has 4 heteroatoms. The fraction of sp³-hybridized carbons (Fsp3) is 0.174. The molecule has 0 bridgehead atoms. The van der Waals surface area contributed by atoms with Gasteiger partial charge in [0, 0.05) is 0 Å². The van der Waals surface area contributed by atoms with Crippen LogP contribution in [0.5, 0.6) is 0 Å². The maximum Gasteiger partial charge on any atom is 0.201 e. The number of nitrogens with zero attached hydrogens (tertiary/aromatic N) is 1. The number of rotatable bonds is 5. The smallest absolute Gasteiger partial charge is 0.201 e. The van der Waals surface area contributed by atoms with E-state index in [0.717, 1.165) is 5.04 Å². The molecule has 0 radical (unpaired) electrons. The molecule has 2 nitrogen and oxygen atoms in total. The molecule has 0 aromatic heterocycles. The first-order valence-corrected chi connectivity index (χ1v) is 12.0. The van der Waals surface area contributed by atoms with Crippen LogP contribution in [0.4, 0.5) is 0 Å². The predicted molar refractivity (Wildman–Crippen MR) is 121 cm³/mol. The summed E-state index contributed by atoms with van der Waals surface area (Å²) in [5.41, 5.74) is -1.04. The summed E-state index contributed by atoms with van der Waals surface area (Å²) < 4.78 is 0. The molecule has 1 aliphatic heterocycles. The highest BCUT2D eigenvalue weighted by Crippen LogP contribution is 2.58. The van der Waals surface area contributed by atoms with Crippen LogP contribution in [0.1, 0.15) is 6.92 Å². The first kappa shape index (κ1) is 18.4. The van der Waals surface area contributed by atoms with Crippen molar-refractivity contribution in [3.8, 4) is 0 Å². The standard InChI is InChI=1S/C23H23NOPS/c1-19-24-23(25,18-27-19)17-26(20-11-5-2-6-12-20,21-13-7-3-8-14-21)22-15-9-4-10-16-22/h2-16,25H,17-18H2,1H3/q+1. The molecule has 0 spiro atoms. The van der Waals surface area contributed by atoms with E-state index < -0.39 is 13.0 Å². The number of hydrogen-bond donors (Lipinski definition) is 1. The fourth-order valence-corrected chi connectivity index (χ4v) is 9.23. The van der Waals surface area contributed by atoms with Gasteiger partial charge in [0.05, 0.1) is 10.8 Å². The molecule has 3 aromatic rings. The van der Waals surface area contributed by atoms with Gasteiger partial charge in [0.15, 0.2) is 0 Å². The van der Waals surface area contributed by atoms with E-state index >= 15 is 0 Å². The molecule has 4 rings (SSSR count). The second kappa shape index (κ2) is 7.59. The van der Waals surface area contributed by atoms with Crippen LogP contribution in [0.2, 0.25) is 0 Å². The van der Waals surface area contributed by atoms with Crippen molar-refractivity contribution in [2.24, 2.45) is 4.99 Å². The van der Waals surface area contributed by atoms with Crippen LogP contribution in [-0.2, 0) is 0 Å². The third-order valence-corrected chi connectivity index (χ3v) is 10.6. The number of aliphatic imine (C=N–C) groups is 1. The van der Waals surface area contributed by atoms with Gasteiger partial charge in [-0.25, -0.2) is 4.99 Å². The van der Waals surface area contributed by atoms with Gasteiger partial charge in [-0.1, -0.05) is 54.6 Å². The Hall–Kier alpha value is -1.93. The van der Waals surface area contributed by atoms with Crippen molar-refractivity contribution >= 4 is 40.0 Å². The minimum Gasteiger partial charge on any atom is -0.366 e. The van der Waals surface area contributed by atoms with Crippen molar-refractivity contribution in [3.05, 3.63) is 91.0 Å². The normalized spacial score (nSPS) is 19.7. The minimum atomic E-state index is -2.06. The van der Waals surface area contributed by atoms with Crippen LogP contribution in [0.3, 0.4) is 0 Å². The van der Waals surface area contributed by atoms with E-state index in [1.54, 1.807) is 11.8 Å². The van der Waals surface area contributed by atoms with Crippen molar-refractivity contribution in [2.45, 2.75) is 12.6 Å². The second-order valence-electron chi connectivity index (χ2n) is 6.88. The fourth-order valence-electron chi connectivity index (χ4n) is 3.81. The first-order chi connectivity index (χ1) is 13.1. The molecular weight excluding hydrogens is 369 g/mol. The third kappa shape index (κ3) is 3.60. The Labute approximate surface area is 165 Å². The predicted octanol–water partition coefficient (Wildman–Crippen LogP) is 3.83. The zero-order chi connectivity index (χ0) is 18.7. The van der Waals surface area contributed by atoms with E-state index in [2.05, 4.69) is 96.0 Å². The Balaban J connectivity index is 1.98. The lowest BCUT2D eigenvalue weighted by atomic mass is 10.3. The molecule has 1 atom stereocenters. The summed E-state index contributed by atoms with van der Waals surface area (Å²) in [6.07, 6.45) is 0.613. The van der Waals surface area contributed by atoms with Crippen molar-refractivity contribution in [1.29, 1.82) is 0 Å². The lowest BCUT2D eigenvalue weighted by molar-refractivity contribution is 0.103. The summed E-state index contributed by atoms with van der Waals surface area (Å²) in [5, 5.41) is 16.2. The third-order valence-electron chi connectivity index (χ3n) is 4.96. The molecule has 136 valence electrons. The monoisotopic (exact) mass is 392 g/mol. The lowest BCUT2D eigenvalue weighted by Crippen LogP contribution is -2.43. The number of benzene rings is 3. The molecule has 1 aliphatic rings. The molecule has 1 unspecified atom stereocenters. The molecular formula is C23H23NOPS+. The van der Waals surface area contributed by atoms with Crippen LogP contribution in [0.15, 0.2) is 96.0 Å². The van der Waals surface area contributed by atoms with E-state index in [0.29, 0.717) is 11.9 Å². The van der Waals surface area contributed by atoms with E-state index in [1.807, 2.05) is 6.92 Å². The van der Waals surface area contributed by atoms with Crippen LogP contribution >= 0.6 is 19.0 Å². The zero-order valence-corrected chi connectivity index (χ0v) is 17.0. The van der Waals surface area contributed by atoms with Gasteiger partial charge in [-0.05, 0) is 43.3 Å². The van der Waals surface area contributed by atoms with E-state index in [-0.39, 0.29) is 0 Å². The maximum absolute atomic E-state index is 11.4. The van der Waals surface area contributed by atoms with Gasteiger partial charge in [0.25, 0.3) is 0 Å². The Morgan fingerprint density at radius 3 is 1.56 bits per heavy atom. The van der Waals surface area contributed by atoms with Crippen molar-refractivity contribution < 1.29 is 5.11 Å². The van der Waals surface area contributed by atoms with Gasteiger partial charge >= 0.3 is 0 Å². The second-order valence-corrected chi connectivity index (χ2v) is 11.5. The average molecular weight is 392 g/mol. The minimum absolute atomic E-state index is 0.613. The van der Waals surface area contributed by atoms with E-state index in [1.165, 1.54) is 15.9 Å². The Bertz CT molecular complexity index is 834. The van der Waals surface area contributed by atoms with Crippen molar-refractivity contribution in [1.82, 2.24) is 0 Å². The highest BCUT2D eigenvalue weighted by Gasteiger charge is 2.52. The van der Waals surface area contributed by atoms with Crippen LogP contribution in [0, 0.1) is 0 Å². The maximum atomic E-state index is 11.4.